The first-order valence-corrected chi connectivity index (χ1v) is 8.45. The van der Waals surface area contributed by atoms with Gasteiger partial charge in [0.05, 0.1) is 6.04 Å². The van der Waals surface area contributed by atoms with Crippen LogP contribution in [0.25, 0.3) is 0 Å². The molecule has 5 heteroatoms. The van der Waals surface area contributed by atoms with E-state index >= 15 is 0 Å². The summed E-state index contributed by atoms with van der Waals surface area (Å²) in [5.41, 5.74) is 1.08. The molecule has 4 nitrogen and oxygen atoms in total. The summed E-state index contributed by atoms with van der Waals surface area (Å²) in [4.78, 5) is 14.5. The maximum absolute atomic E-state index is 12.6. The number of rotatable bonds is 3. The Morgan fingerprint density at radius 3 is 2.86 bits per heavy atom. The first-order chi connectivity index (χ1) is 10.7. The second-order valence-corrected chi connectivity index (χ2v) is 6.54. The van der Waals surface area contributed by atoms with Crippen LogP contribution in [0.5, 0.6) is 0 Å². The number of amides is 1. The predicted octanol–water partition coefficient (Wildman–Crippen LogP) is 2.63. The van der Waals surface area contributed by atoms with Crippen molar-refractivity contribution < 1.29 is 9.53 Å². The van der Waals surface area contributed by atoms with Gasteiger partial charge in [0, 0.05) is 44.3 Å². The van der Waals surface area contributed by atoms with Crippen molar-refractivity contribution in [2.75, 3.05) is 32.8 Å². The predicted molar refractivity (Wildman–Crippen MR) is 86.9 cm³/mol. The molecule has 0 spiro atoms. The maximum atomic E-state index is 12.6. The number of carbonyl (C=O) groups is 1. The van der Waals surface area contributed by atoms with Gasteiger partial charge in [0.2, 0.25) is 5.91 Å². The molecule has 120 valence electrons. The summed E-state index contributed by atoms with van der Waals surface area (Å²) in [5.74, 6) is 0.750. The van der Waals surface area contributed by atoms with Crippen LogP contribution in [0.3, 0.4) is 0 Å². The third-order valence-corrected chi connectivity index (χ3v) is 4.96. The molecular formula is C17H23ClN2O2. The molecule has 1 aromatic rings. The highest BCUT2D eigenvalue weighted by Gasteiger charge is 2.27. The lowest BCUT2D eigenvalue weighted by Crippen LogP contribution is -2.48. The average molecular weight is 323 g/mol. The third-order valence-electron chi connectivity index (χ3n) is 4.61. The summed E-state index contributed by atoms with van der Waals surface area (Å²) >= 11 is 6.28. The van der Waals surface area contributed by atoms with Crippen molar-refractivity contribution in [3.8, 4) is 0 Å². The molecule has 2 aliphatic heterocycles. The van der Waals surface area contributed by atoms with Crippen LogP contribution in [0, 0.1) is 5.92 Å². The van der Waals surface area contributed by atoms with Crippen LogP contribution < -0.4 is 5.32 Å². The molecule has 1 N–H and O–H groups in total. The lowest BCUT2D eigenvalue weighted by Gasteiger charge is -2.35. The first-order valence-electron chi connectivity index (χ1n) is 8.07. The molecule has 0 aliphatic carbocycles. The standard InChI is InChI=1S/C17H23ClN2O2/c18-15-4-2-1-3-14(15)16-12-20(8-7-19-16)17(21)11-13-5-9-22-10-6-13/h1-4,13,16,19H,5-12H2. The van der Waals surface area contributed by atoms with Crippen molar-refractivity contribution in [2.45, 2.75) is 25.3 Å². The molecule has 1 unspecified atom stereocenters. The quantitative estimate of drug-likeness (QED) is 0.930. The van der Waals surface area contributed by atoms with Gasteiger partial charge in [-0.05, 0) is 30.4 Å². The highest BCUT2D eigenvalue weighted by Crippen LogP contribution is 2.26. The number of piperazine rings is 1. The SMILES string of the molecule is O=C(CC1CCOCC1)N1CCNC(c2ccccc2Cl)C1. The Morgan fingerprint density at radius 2 is 2.09 bits per heavy atom. The van der Waals surface area contributed by atoms with Gasteiger partial charge in [0.15, 0.2) is 0 Å². The Hall–Kier alpha value is -1.10. The fourth-order valence-electron chi connectivity index (χ4n) is 3.27. The molecule has 0 bridgehead atoms. The van der Waals surface area contributed by atoms with E-state index in [1.54, 1.807) is 0 Å². The lowest BCUT2D eigenvalue weighted by molar-refractivity contribution is -0.134. The van der Waals surface area contributed by atoms with Crippen molar-refractivity contribution in [1.29, 1.82) is 0 Å². The van der Waals surface area contributed by atoms with Crippen molar-refractivity contribution in [1.82, 2.24) is 10.2 Å². The van der Waals surface area contributed by atoms with Gasteiger partial charge < -0.3 is 15.0 Å². The summed E-state index contributed by atoms with van der Waals surface area (Å²) in [7, 11) is 0. The van der Waals surface area contributed by atoms with Gasteiger partial charge in [-0.15, -0.1) is 0 Å². The van der Waals surface area contributed by atoms with Gasteiger partial charge >= 0.3 is 0 Å². The van der Waals surface area contributed by atoms with Crippen LogP contribution in [0.4, 0.5) is 0 Å². The molecule has 0 radical (unpaired) electrons. The summed E-state index contributed by atoms with van der Waals surface area (Å²) in [6.07, 6.45) is 2.66. The minimum absolute atomic E-state index is 0.126. The van der Waals surface area contributed by atoms with Crippen molar-refractivity contribution >= 4 is 17.5 Å². The van der Waals surface area contributed by atoms with E-state index in [-0.39, 0.29) is 11.9 Å². The highest BCUT2D eigenvalue weighted by atomic mass is 35.5. The number of carbonyl (C=O) groups excluding carboxylic acids is 1. The Labute approximate surface area is 136 Å². The fraction of sp³-hybridized carbons (Fsp3) is 0.588. The number of hydrogen-bond acceptors (Lipinski definition) is 3. The molecule has 0 aromatic heterocycles. The molecule has 2 heterocycles. The number of hydrogen-bond donors (Lipinski definition) is 1. The van der Waals surface area contributed by atoms with Gasteiger partial charge in [-0.25, -0.2) is 0 Å². The van der Waals surface area contributed by atoms with E-state index in [4.69, 9.17) is 16.3 Å². The Bertz CT molecular complexity index is 517. The van der Waals surface area contributed by atoms with E-state index in [0.29, 0.717) is 18.9 Å². The third kappa shape index (κ3) is 3.80. The molecule has 1 atom stereocenters. The van der Waals surface area contributed by atoms with E-state index in [1.165, 1.54) is 0 Å². The van der Waals surface area contributed by atoms with Crippen LogP contribution >= 0.6 is 11.6 Å². The molecule has 1 amide bonds. The zero-order chi connectivity index (χ0) is 15.4. The van der Waals surface area contributed by atoms with E-state index in [9.17, 15) is 4.79 Å². The average Bonchev–Trinajstić information content (AvgIpc) is 2.56. The van der Waals surface area contributed by atoms with E-state index in [0.717, 1.165) is 49.7 Å². The summed E-state index contributed by atoms with van der Waals surface area (Å²) in [5, 5.41) is 4.23. The molecular weight excluding hydrogens is 300 g/mol. The van der Waals surface area contributed by atoms with Gasteiger partial charge in [0.1, 0.15) is 0 Å². The van der Waals surface area contributed by atoms with E-state index < -0.39 is 0 Å². The minimum Gasteiger partial charge on any atom is -0.381 e. The maximum Gasteiger partial charge on any atom is 0.222 e. The van der Waals surface area contributed by atoms with E-state index in [1.807, 2.05) is 29.2 Å². The Kier molecular flexibility index (Phi) is 5.34. The number of nitrogens with one attached hydrogen (secondary N) is 1. The molecule has 1 aromatic carbocycles. The molecule has 3 rings (SSSR count). The highest BCUT2D eigenvalue weighted by molar-refractivity contribution is 6.31. The van der Waals surface area contributed by atoms with Crippen molar-refractivity contribution in [3.63, 3.8) is 0 Å². The topological polar surface area (TPSA) is 41.6 Å². The minimum atomic E-state index is 0.126. The van der Waals surface area contributed by atoms with Gasteiger partial charge in [-0.3, -0.25) is 4.79 Å². The van der Waals surface area contributed by atoms with Crippen molar-refractivity contribution in [3.05, 3.63) is 34.9 Å². The van der Waals surface area contributed by atoms with Crippen LogP contribution in [0.1, 0.15) is 30.9 Å². The molecule has 2 saturated heterocycles. The molecule has 22 heavy (non-hydrogen) atoms. The van der Waals surface area contributed by atoms with Crippen LogP contribution in [-0.2, 0) is 9.53 Å². The number of ether oxygens (including phenoxy) is 1. The normalized spacial score (nSPS) is 23.5. The smallest absolute Gasteiger partial charge is 0.222 e. The summed E-state index contributed by atoms with van der Waals surface area (Å²) in [6.45, 7) is 3.88. The number of halogens is 1. The largest absolute Gasteiger partial charge is 0.381 e. The number of nitrogens with zero attached hydrogens (tertiary/aromatic N) is 1. The van der Waals surface area contributed by atoms with Crippen LogP contribution in [0.15, 0.2) is 24.3 Å². The van der Waals surface area contributed by atoms with Crippen LogP contribution in [0.2, 0.25) is 5.02 Å². The summed E-state index contributed by atoms with van der Waals surface area (Å²) in [6, 6.07) is 7.99. The first kappa shape index (κ1) is 15.8. The molecule has 2 aliphatic rings. The lowest BCUT2D eigenvalue weighted by atomic mass is 9.95. The van der Waals surface area contributed by atoms with Gasteiger partial charge in [0.25, 0.3) is 0 Å². The number of benzene rings is 1. The molecule has 2 fully saturated rings. The Morgan fingerprint density at radius 1 is 1.32 bits per heavy atom. The summed E-state index contributed by atoms with van der Waals surface area (Å²) < 4.78 is 5.37. The second-order valence-electron chi connectivity index (χ2n) is 6.13. The van der Waals surface area contributed by atoms with Crippen LogP contribution in [-0.4, -0.2) is 43.7 Å². The fourth-order valence-corrected chi connectivity index (χ4v) is 3.54. The Balaban J connectivity index is 1.60. The zero-order valence-electron chi connectivity index (χ0n) is 12.8. The molecule has 0 saturated carbocycles. The second kappa shape index (κ2) is 7.44. The monoisotopic (exact) mass is 322 g/mol. The van der Waals surface area contributed by atoms with Gasteiger partial charge in [-0.1, -0.05) is 29.8 Å². The zero-order valence-corrected chi connectivity index (χ0v) is 13.5. The van der Waals surface area contributed by atoms with Crippen molar-refractivity contribution in [2.24, 2.45) is 5.92 Å². The van der Waals surface area contributed by atoms with Gasteiger partial charge in [-0.2, -0.15) is 0 Å². The van der Waals surface area contributed by atoms with E-state index in [2.05, 4.69) is 5.32 Å².